The molecule has 13 nitrogen and oxygen atoms in total. The van der Waals surface area contributed by atoms with E-state index in [2.05, 4.69) is 396 Å². The van der Waals surface area contributed by atoms with Crippen LogP contribution in [-0.4, -0.2) is 48.7 Å². The molecule has 0 saturated carbocycles. The molecule has 0 amide bonds. The van der Waals surface area contributed by atoms with Gasteiger partial charge in [-0.25, -0.2) is 0 Å². The quantitative estimate of drug-likeness (QED) is 0.117. The minimum Gasteiger partial charge on any atom is -0.334 e. The van der Waals surface area contributed by atoms with Crippen molar-refractivity contribution in [1.82, 2.24) is 48.7 Å². The van der Waals surface area contributed by atoms with Crippen LogP contribution >= 0.6 is 0 Å². The lowest BCUT2D eigenvalue weighted by Gasteiger charge is -2.19. The first-order chi connectivity index (χ1) is 65.0. The molecule has 0 saturated heterocycles. The van der Waals surface area contributed by atoms with Gasteiger partial charge in [-0.05, 0) is 249 Å². The number of fused-ring (bicyclic) bond motifs is 14. The fourth-order valence-electron chi connectivity index (χ4n) is 19.1. The van der Waals surface area contributed by atoms with Crippen molar-refractivity contribution < 1.29 is 13.6 Å². The van der Waals surface area contributed by atoms with Gasteiger partial charge in [-0.1, -0.05) is 299 Å². The third-order valence-corrected chi connectivity index (χ3v) is 25.9. The average molecular weight is 1720 g/mol. The molecule has 638 valence electrons. The molecular weight excluding hydrogens is 1630 g/mol. The van der Waals surface area contributed by atoms with Crippen LogP contribution in [0.3, 0.4) is 0 Å². The highest BCUT2D eigenvalue weighted by molar-refractivity contribution is 6.16. The summed E-state index contributed by atoms with van der Waals surface area (Å²) in [6, 6.07) is 142. The van der Waals surface area contributed by atoms with E-state index >= 15 is 0 Å². The van der Waals surface area contributed by atoms with Crippen LogP contribution in [0.15, 0.2) is 414 Å². The number of aryl methyl sites for hydroxylation is 2. The van der Waals surface area contributed by atoms with Crippen molar-refractivity contribution in [3.8, 4) is 114 Å². The maximum absolute atomic E-state index is 5.71. The zero-order valence-corrected chi connectivity index (χ0v) is 74.8. The molecular formula is C120H90N10O3. The average Bonchev–Trinajstić information content (AvgIpc) is 1.57. The van der Waals surface area contributed by atoms with Crippen LogP contribution in [0, 0.1) is 13.8 Å². The predicted molar refractivity (Wildman–Crippen MR) is 546 cm³/mol. The molecule has 13 heteroatoms. The highest BCUT2D eigenvalue weighted by atomic mass is 16.5. The minimum atomic E-state index is 0.0780. The topological polar surface area (TPSA) is 136 Å². The summed E-state index contributed by atoms with van der Waals surface area (Å²) < 4.78 is 26.3. The van der Waals surface area contributed by atoms with Crippen LogP contribution < -0.4 is 0 Å². The molecule has 0 aliphatic heterocycles. The summed E-state index contributed by atoms with van der Waals surface area (Å²) in [6.45, 7) is 17.9. The van der Waals surface area contributed by atoms with Crippen molar-refractivity contribution in [3.63, 3.8) is 0 Å². The van der Waals surface area contributed by atoms with E-state index in [9.17, 15) is 0 Å². The molecule has 0 fully saturated rings. The van der Waals surface area contributed by atoms with E-state index in [0.29, 0.717) is 35.1 Å². The van der Waals surface area contributed by atoms with Crippen molar-refractivity contribution in [2.75, 3.05) is 0 Å². The van der Waals surface area contributed by atoms with Gasteiger partial charge < -0.3 is 31.8 Å². The number of nitrogens with zero attached hydrogens (tertiary/aromatic N) is 10. The second-order valence-electron chi connectivity index (χ2n) is 36.6. The van der Waals surface area contributed by atoms with E-state index in [1.165, 1.54) is 142 Å². The zero-order valence-electron chi connectivity index (χ0n) is 74.8. The molecule has 133 heavy (non-hydrogen) atoms. The number of rotatable bonds is 12. The molecule has 25 aromatic rings. The molecule has 0 bridgehead atoms. The van der Waals surface area contributed by atoms with E-state index in [4.69, 9.17) is 18.6 Å². The first-order valence-corrected chi connectivity index (χ1v) is 45.2. The van der Waals surface area contributed by atoms with Crippen LogP contribution in [0.5, 0.6) is 0 Å². The number of hydrogen-bond donors (Lipinski definition) is 0. The Bertz CT molecular complexity index is 8500. The molecule has 18 aromatic carbocycles. The Hall–Kier alpha value is -16.9. The predicted octanol–water partition coefficient (Wildman–Crippen LogP) is 31.5. The highest BCUT2D eigenvalue weighted by Gasteiger charge is 2.26. The summed E-state index contributed by atoms with van der Waals surface area (Å²) >= 11 is 0. The smallest absolute Gasteiger partial charge is 0.258 e. The normalized spacial score (nSPS) is 11.9. The van der Waals surface area contributed by atoms with Crippen molar-refractivity contribution >= 4 is 109 Å². The Morgan fingerprint density at radius 3 is 0.865 bits per heavy atom. The summed E-state index contributed by atoms with van der Waals surface area (Å²) in [7, 11) is 0. The van der Waals surface area contributed by atoms with Crippen molar-refractivity contribution in [2.24, 2.45) is 0 Å². The molecule has 0 unspecified atom stereocenters. The summed E-state index contributed by atoms with van der Waals surface area (Å²) in [4.78, 5) is 13.9. The van der Waals surface area contributed by atoms with Gasteiger partial charge >= 0.3 is 0 Å². The maximum atomic E-state index is 5.71. The van der Waals surface area contributed by atoms with E-state index < -0.39 is 0 Å². The first kappa shape index (κ1) is 80.6. The molecule has 0 aliphatic rings. The summed E-state index contributed by atoms with van der Waals surface area (Å²) in [5.41, 5.74) is 29.5. The van der Waals surface area contributed by atoms with Gasteiger partial charge in [0.15, 0.2) is 0 Å². The lowest BCUT2D eigenvalue weighted by molar-refractivity contribution is 0.432. The molecule has 0 atom stereocenters. The van der Waals surface area contributed by atoms with Crippen LogP contribution in [0.2, 0.25) is 0 Å². The maximum Gasteiger partial charge on any atom is 0.258 e. The largest absolute Gasteiger partial charge is 0.334 e. The van der Waals surface area contributed by atoms with E-state index in [0.717, 1.165) is 67.2 Å². The van der Waals surface area contributed by atoms with Gasteiger partial charge in [-0.2, -0.15) is 15.0 Å². The van der Waals surface area contributed by atoms with Gasteiger partial charge in [-0.15, -0.1) is 0 Å². The SMILES string of the molecule is CC(C)(C)c1ccc2c(c1)c1cc(C(C)(C)C)ccc1n2-c1ccc(-c2nc(-c3ccccc3)no2)cc1.Cc1ccc2c(c1)c1cc(C)ccc1n2-c1ccc(-c2nc(-c3ccccc3)no2)cc1.c1ccc(-c2noc(-c3ccc(-n4c5ccccc5c5cc(-n6c7ccc(-c8cccc9ccccc89)cc7c7cc(-c8cccc9ccccc89)ccc76)ccc54)cc3)n2)cc1. The number of hydrogen-bond acceptors (Lipinski definition) is 9. The molecule has 0 radical (unpaired) electrons. The van der Waals surface area contributed by atoms with Gasteiger partial charge in [0.1, 0.15) is 0 Å². The third kappa shape index (κ3) is 14.7. The van der Waals surface area contributed by atoms with Gasteiger partial charge in [0.25, 0.3) is 17.7 Å². The van der Waals surface area contributed by atoms with E-state index in [-0.39, 0.29) is 10.8 Å². The molecule has 0 spiro atoms. The van der Waals surface area contributed by atoms with Crippen LogP contribution in [0.1, 0.15) is 63.8 Å². The van der Waals surface area contributed by atoms with Gasteiger partial charge in [0.05, 0.1) is 44.1 Å². The summed E-state index contributed by atoms with van der Waals surface area (Å²) in [5, 5.41) is 27.5. The second-order valence-corrected chi connectivity index (χ2v) is 36.6. The van der Waals surface area contributed by atoms with Gasteiger partial charge in [-0.3, -0.25) is 0 Å². The fraction of sp³-hybridized carbons (Fsp3) is 0.0833. The standard InChI is InChI=1S/C58H36N4O.C34H33N3O.C28H21N3O/c1-2-14-39(15-3-1)57-59-58(63-60-57)40-24-28-43(29-25-40)61-53-23-9-8-20-49(53)52-36-44(30-33-56(52)61)62-54-31-26-41(47-21-10-16-37-12-4-6-18-45(37)47)34-50(54)51-35-42(27-32-55(51)62)48-22-11-17-38-13-5-7-19-46(38)48;1-33(2,3)24-14-18-29-27(20-24)28-21-25(34(4,5)6)15-19-30(28)37(29)26-16-12-23(13-17-26)32-35-31(36-38-32)22-10-8-7-9-11-22;1-18-8-14-25-23(16-18)24-17-19(2)9-15-26(24)31(25)22-12-10-21(11-13-22)28-29-27(30-32-28)20-6-4-3-5-7-20/h1-36H;7-21H,1-6H3;3-17H,1-2H3. The lowest BCUT2D eigenvalue weighted by atomic mass is 9.85. The minimum absolute atomic E-state index is 0.0780. The number of para-hydroxylation sites is 1. The molecule has 0 N–H and O–H groups in total. The van der Waals surface area contributed by atoms with Crippen molar-refractivity contribution in [3.05, 3.63) is 423 Å². The molecule has 25 rings (SSSR count). The lowest BCUT2D eigenvalue weighted by Crippen LogP contribution is -2.10. The fourth-order valence-corrected chi connectivity index (χ4v) is 19.1. The third-order valence-electron chi connectivity index (χ3n) is 25.9. The summed E-state index contributed by atoms with van der Waals surface area (Å²) in [5.74, 6) is 3.29. The van der Waals surface area contributed by atoms with E-state index in [1.807, 2.05) is 103 Å². The highest BCUT2D eigenvalue weighted by Crippen LogP contribution is 2.45. The van der Waals surface area contributed by atoms with Crippen LogP contribution in [0.4, 0.5) is 0 Å². The summed E-state index contributed by atoms with van der Waals surface area (Å²) in [6.07, 6.45) is 0. The number of benzene rings is 18. The van der Waals surface area contributed by atoms with Gasteiger partial charge in [0.2, 0.25) is 17.5 Å². The second kappa shape index (κ2) is 32.7. The Kier molecular flexibility index (Phi) is 19.8. The van der Waals surface area contributed by atoms with Crippen LogP contribution in [0.25, 0.3) is 222 Å². The monoisotopic (exact) mass is 1720 g/mol. The first-order valence-electron chi connectivity index (χ1n) is 45.2. The molecule has 7 aromatic heterocycles. The van der Waals surface area contributed by atoms with E-state index in [1.54, 1.807) is 0 Å². The van der Waals surface area contributed by atoms with Crippen LogP contribution in [-0.2, 0) is 10.8 Å². The molecule has 7 heterocycles. The van der Waals surface area contributed by atoms with Crippen molar-refractivity contribution in [2.45, 2.75) is 66.2 Å². The molecule has 0 aliphatic carbocycles. The number of aromatic nitrogens is 10. The zero-order chi connectivity index (χ0) is 89.7. The Morgan fingerprint density at radius 2 is 0.481 bits per heavy atom. The van der Waals surface area contributed by atoms with Gasteiger partial charge in [0, 0.05) is 99.2 Å². The Labute approximate surface area is 768 Å². The van der Waals surface area contributed by atoms with Crippen molar-refractivity contribution in [1.29, 1.82) is 0 Å². The Balaban J connectivity index is 0.000000122. The Morgan fingerprint density at radius 1 is 0.203 bits per heavy atom.